The first-order chi connectivity index (χ1) is 10.4. The van der Waals surface area contributed by atoms with E-state index in [9.17, 15) is 36.5 Å². The van der Waals surface area contributed by atoms with Gasteiger partial charge in [0.25, 0.3) is 5.69 Å². The van der Waals surface area contributed by atoms with Crippen molar-refractivity contribution >= 4 is 11.4 Å². The second-order valence-electron chi connectivity index (χ2n) is 5.51. The monoisotopic (exact) mass is 342 g/mol. The number of halogens is 6. The molecule has 2 unspecified atom stereocenters. The van der Waals surface area contributed by atoms with Crippen molar-refractivity contribution < 1.29 is 31.3 Å². The van der Waals surface area contributed by atoms with E-state index in [0.29, 0.717) is 12.1 Å². The van der Waals surface area contributed by atoms with Gasteiger partial charge in [-0.1, -0.05) is 6.92 Å². The zero-order chi connectivity index (χ0) is 17.6. The molecule has 0 spiro atoms. The highest BCUT2D eigenvalue weighted by Gasteiger charge is 2.49. The average molecular weight is 342 g/mol. The van der Waals surface area contributed by atoms with E-state index in [0.717, 1.165) is 11.0 Å². The molecule has 1 aliphatic rings. The van der Waals surface area contributed by atoms with Crippen LogP contribution in [0.4, 0.5) is 37.7 Å². The Labute approximate surface area is 126 Å². The topological polar surface area (TPSA) is 46.4 Å². The van der Waals surface area contributed by atoms with Gasteiger partial charge in [0, 0.05) is 18.3 Å². The van der Waals surface area contributed by atoms with Crippen LogP contribution in [-0.2, 0) is 6.18 Å². The van der Waals surface area contributed by atoms with Crippen molar-refractivity contribution in [2.45, 2.75) is 31.7 Å². The van der Waals surface area contributed by atoms with Gasteiger partial charge < -0.3 is 4.90 Å². The summed E-state index contributed by atoms with van der Waals surface area (Å²) in [7, 11) is 0. The Bertz CT molecular complexity index is 613. The molecule has 0 amide bonds. The van der Waals surface area contributed by atoms with Crippen molar-refractivity contribution in [2.24, 2.45) is 5.92 Å². The van der Waals surface area contributed by atoms with E-state index in [1.165, 1.54) is 0 Å². The molecule has 10 heteroatoms. The molecule has 2 rings (SSSR count). The first kappa shape index (κ1) is 17.4. The Hall–Kier alpha value is -2.00. The molecule has 1 aromatic rings. The molecule has 1 fully saturated rings. The molecule has 0 N–H and O–H groups in total. The standard InChI is InChI=1S/C13H12F6N2O2/c1-7-4-11(13(17,18)19)20(6-7)8-2-3-10(21(22)23)9(5-8)12(14,15)16/h2-3,5,7,11H,4,6H2,1H3. The smallest absolute Gasteiger partial charge is 0.360 e. The molecular weight excluding hydrogens is 330 g/mol. The molecule has 0 radical (unpaired) electrons. The van der Waals surface area contributed by atoms with E-state index < -0.39 is 34.6 Å². The van der Waals surface area contributed by atoms with Crippen LogP contribution in [0.3, 0.4) is 0 Å². The molecule has 4 nitrogen and oxygen atoms in total. The highest BCUT2D eigenvalue weighted by molar-refractivity contribution is 5.58. The van der Waals surface area contributed by atoms with Crippen LogP contribution < -0.4 is 4.90 Å². The lowest BCUT2D eigenvalue weighted by atomic mass is 10.1. The number of hydrogen-bond acceptors (Lipinski definition) is 3. The van der Waals surface area contributed by atoms with Gasteiger partial charge in [-0.3, -0.25) is 10.1 Å². The SMILES string of the molecule is CC1CC(C(F)(F)F)N(c2ccc([N+](=O)[O-])c(C(F)(F)F)c2)C1. The molecular formula is C13H12F6N2O2. The number of anilines is 1. The summed E-state index contributed by atoms with van der Waals surface area (Å²) in [5.74, 6) is -0.355. The van der Waals surface area contributed by atoms with Crippen LogP contribution in [0.15, 0.2) is 18.2 Å². The lowest BCUT2D eigenvalue weighted by molar-refractivity contribution is -0.388. The zero-order valence-corrected chi connectivity index (χ0v) is 11.8. The Morgan fingerprint density at radius 3 is 2.30 bits per heavy atom. The average Bonchev–Trinajstić information content (AvgIpc) is 2.79. The predicted molar refractivity (Wildman–Crippen MR) is 69.1 cm³/mol. The number of alkyl halides is 6. The fraction of sp³-hybridized carbons (Fsp3) is 0.538. The minimum Gasteiger partial charge on any atom is -0.360 e. The number of nitro benzene ring substituents is 1. The van der Waals surface area contributed by atoms with Crippen LogP contribution in [0.5, 0.6) is 0 Å². The van der Waals surface area contributed by atoms with Gasteiger partial charge in [0.1, 0.15) is 11.6 Å². The summed E-state index contributed by atoms with van der Waals surface area (Å²) in [6, 6.07) is 0.0215. The summed E-state index contributed by atoms with van der Waals surface area (Å²) in [4.78, 5) is 10.3. The van der Waals surface area contributed by atoms with Crippen molar-refractivity contribution in [3.05, 3.63) is 33.9 Å². The summed E-state index contributed by atoms with van der Waals surface area (Å²) < 4.78 is 77.9. The van der Waals surface area contributed by atoms with Crippen molar-refractivity contribution in [3.63, 3.8) is 0 Å². The highest BCUT2D eigenvalue weighted by Crippen LogP contribution is 2.42. The van der Waals surface area contributed by atoms with Gasteiger partial charge in [-0.2, -0.15) is 26.3 Å². The Morgan fingerprint density at radius 1 is 1.22 bits per heavy atom. The first-order valence-corrected chi connectivity index (χ1v) is 6.60. The minimum absolute atomic E-state index is 0.0702. The summed E-state index contributed by atoms with van der Waals surface area (Å²) in [5, 5.41) is 10.7. The molecule has 1 saturated heterocycles. The van der Waals surface area contributed by atoms with Crippen molar-refractivity contribution in [3.8, 4) is 0 Å². The largest absolute Gasteiger partial charge is 0.423 e. The number of rotatable bonds is 2. The van der Waals surface area contributed by atoms with Gasteiger partial charge in [0.2, 0.25) is 0 Å². The minimum atomic E-state index is -5.03. The summed E-state index contributed by atoms with van der Waals surface area (Å²) in [5.41, 5.74) is -3.06. The van der Waals surface area contributed by atoms with Crippen LogP contribution >= 0.6 is 0 Å². The van der Waals surface area contributed by atoms with E-state index in [1.807, 2.05) is 0 Å². The fourth-order valence-electron chi connectivity index (χ4n) is 2.73. The molecule has 2 atom stereocenters. The number of nitrogens with zero attached hydrogens (tertiary/aromatic N) is 2. The molecule has 1 aromatic carbocycles. The van der Waals surface area contributed by atoms with Crippen molar-refractivity contribution in [2.75, 3.05) is 11.4 Å². The van der Waals surface area contributed by atoms with Crippen LogP contribution in [-0.4, -0.2) is 23.7 Å². The van der Waals surface area contributed by atoms with Crippen molar-refractivity contribution in [1.29, 1.82) is 0 Å². The molecule has 0 saturated carbocycles. The first-order valence-electron chi connectivity index (χ1n) is 6.60. The van der Waals surface area contributed by atoms with Crippen molar-refractivity contribution in [1.82, 2.24) is 0 Å². The van der Waals surface area contributed by atoms with Crippen LogP contribution in [0.1, 0.15) is 18.9 Å². The van der Waals surface area contributed by atoms with E-state index in [-0.39, 0.29) is 24.6 Å². The lowest BCUT2D eigenvalue weighted by Crippen LogP contribution is -2.41. The third-order valence-electron chi connectivity index (χ3n) is 3.70. The zero-order valence-electron chi connectivity index (χ0n) is 11.8. The summed E-state index contributed by atoms with van der Waals surface area (Å²) in [6.45, 7) is 1.49. The number of benzene rings is 1. The lowest BCUT2D eigenvalue weighted by Gasteiger charge is -2.28. The van der Waals surface area contributed by atoms with Gasteiger partial charge in [0.15, 0.2) is 0 Å². The van der Waals surface area contributed by atoms with Gasteiger partial charge in [-0.05, 0) is 24.5 Å². The highest BCUT2D eigenvalue weighted by atomic mass is 19.4. The van der Waals surface area contributed by atoms with Crippen LogP contribution in [0.25, 0.3) is 0 Å². The van der Waals surface area contributed by atoms with Gasteiger partial charge in [-0.15, -0.1) is 0 Å². The van der Waals surface area contributed by atoms with Gasteiger partial charge >= 0.3 is 12.4 Å². The molecule has 1 aliphatic heterocycles. The third kappa shape index (κ3) is 3.50. The van der Waals surface area contributed by atoms with E-state index >= 15 is 0 Å². The van der Waals surface area contributed by atoms with Crippen LogP contribution in [0.2, 0.25) is 0 Å². The Balaban J connectivity index is 2.50. The maximum atomic E-state index is 13.0. The summed E-state index contributed by atoms with van der Waals surface area (Å²) >= 11 is 0. The molecule has 0 bridgehead atoms. The maximum Gasteiger partial charge on any atom is 0.423 e. The Morgan fingerprint density at radius 2 is 1.83 bits per heavy atom. The molecule has 0 aromatic heterocycles. The molecule has 128 valence electrons. The second kappa shape index (κ2) is 5.57. The van der Waals surface area contributed by atoms with E-state index in [2.05, 4.69) is 0 Å². The fourth-order valence-corrected chi connectivity index (χ4v) is 2.73. The second-order valence-corrected chi connectivity index (χ2v) is 5.51. The molecule has 23 heavy (non-hydrogen) atoms. The van der Waals surface area contributed by atoms with Gasteiger partial charge in [-0.25, -0.2) is 0 Å². The molecule has 0 aliphatic carbocycles. The number of hydrogen-bond donors (Lipinski definition) is 0. The van der Waals surface area contributed by atoms with E-state index in [4.69, 9.17) is 0 Å². The van der Waals surface area contributed by atoms with Gasteiger partial charge in [0.05, 0.1) is 4.92 Å². The maximum absolute atomic E-state index is 13.0. The Kier molecular flexibility index (Phi) is 4.20. The molecule has 1 heterocycles. The third-order valence-corrected chi connectivity index (χ3v) is 3.70. The van der Waals surface area contributed by atoms with Crippen LogP contribution in [0, 0.1) is 16.0 Å². The predicted octanol–water partition coefficient (Wildman–Crippen LogP) is 4.39. The quantitative estimate of drug-likeness (QED) is 0.455. The number of nitro groups is 1. The van der Waals surface area contributed by atoms with E-state index in [1.54, 1.807) is 6.92 Å². The normalized spacial score (nSPS) is 22.5. The summed E-state index contributed by atoms with van der Waals surface area (Å²) in [6.07, 6.45) is -9.86.